The lowest BCUT2D eigenvalue weighted by Crippen LogP contribution is -2.25. The molecule has 0 spiro atoms. The number of rotatable bonds is 4. The van der Waals surface area contributed by atoms with Gasteiger partial charge in [-0.05, 0) is 40.8 Å². The van der Waals surface area contributed by atoms with E-state index in [0.717, 1.165) is 12.1 Å². The molecule has 3 rings (SSSR count). The Bertz CT molecular complexity index is 738. The van der Waals surface area contributed by atoms with Gasteiger partial charge in [0.1, 0.15) is 0 Å². The summed E-state index contributed by atoms with van der Waals surface area (Å²) in [6, 6.07) is 14.4. The number of amides is 2. The molecule has 1 aliphatic carbocycles. The van der Waals surface area contributed by atoms with Gasteiger partial charge in [0.25, 0.3) is 0 Å². The summed E-state index contributed by atoms with van der Waals surface area (Å²) in [5, 5.41) is 5.50. The Morgan fingerprint density at radius 1 is 1.05 bits per heavy atom. The Kier molecular flexibility index (Phi) is 3.92. The smallest absolute Gasteiger partial charge is 0.226 e. The van der Waals surface area contributed by atoms with Crippen molar-refractivity contribution in [1.29, 1.82) is 0 Å². The van der Waals surface area contributed by atoms with Crippen molar-refractivity contribution in [3.05, 3.63) is 53.6 Å². The first-order valence-electron chi connectivity index (χ1n) is 7.39. The van der Waals surface area contributed by atoms with Crippen molar-refractivity contribution in [3.63, 3.8) is 0 Å². The molecule has 0 saturated carbocycles. The summed E-state index contributed by atoms with van der Waals surface area (Å²) < 4.78 is 0. The SMILES string of the molecule is CC(=O)NCCC(=O)Nc1ccc2c(c1)-c1ccccc1C2. The number of hydrogen-bond acceptors (Lipinski definition) is 2. The lowest BCUT2D eigenvalue weighted by molar-refractivity contribution is -0.119. The number of anilines is 1. The van der Waals surface area contributed by atoms with Gasteiger partial charge in [-0.15, -0.1) is 0 Å². The molecule has 112 valence electrons. The monoisotopic (exact) mass is 294 g/mol. The van der Waals surface area contributed by atoms with Crippen LogP contribution in [0.1, 0.15) is 24.5 Å². The normalized spacial score (nSPS) is 11.5. The minimum Gasteiger partial charge on any atom is -0.356 e. The van der Waals surface area contributed by atoms with E-state index < -0.39 is 0 Å². The highest BCUT2D eigenvalue weighted by molar-refractivity contribution is 5.92. The maximum Gasteiger partial charge on any atom is 0.226 e. The van der Waals surface area contributed by atoms with E-state index in [1.807, 2.05) is 18.2 Å². The Morgan fingerprint density at radius 2 is 1.82 bits per heavy atom. The second kappa shape index (κ2) is 6.02. The lowest BCUT2D eigenvalue weighted by atomic mass is 10.1. The van der Waals surface area contributed by atoms with Gasteiger partial charge in [-0.1, -0.05) is 30.3 Å². The third kappa shape index (κ3) is 3.01. The molecule has 2 aromatic rings. The number of carbonyl (C=O) groups excluding carboxylic acids is 2. The summed E-state index contributed by atoms with van der Waals surface area (Å²) in [5.74, 6) is -0.220. The van der Waals surface area contributed by atoms with Gasteiger partial charge in [0.15, 0.2) is 0 Å². The van der Waals surface area contributed by atoms with Crippen molar-refractivity contribution in [1.82, 2.24) is 5.32 Å². The predicted octanol–water partition coefficient (Wildman–Crippen LogP) is 2.72. The van der Waals surface area contributed by atoms with Gasteiger partial charge in [0.05, 0.1) is 0 Å². The summed E-state index contributed by atoms with van der Waals surface area (Å²) in [4.78, 5) is 22.7. The van der Waals surface area contributed by atoms with Gasteiger partial charge in [-0.3, -0.25) is 9.59 Å². The lowest BCUT2D eigenvalue weighted by Gasteiger charge is -2.08. The summed E-state index contributed by atoms with van der Waals surface area (Å²) in [5.41, 5.74) is 5.84. The molecule has 4 nitrogen and oxygen atoms in total. The Labute approximate surface area is 129 Å². The molecule has 1 aliphatic rings. The molecule has 0 radical (unpaired) electrons. The zero-order valence-corrected chi connectivity index (χ0v) is 12.5. The van der Waals surface area contributed by atoms with Crippen molar-refractivity contribution in [2.24, 2.45) is 0 Å². The van der Waals surface area contributed by atoms with Crippen molar-refractivity contribution in [3.8, 4) is 11.1 Å². The topological polar surface area (TPSA) is 58.2 Å². The van der Waals surface area contributed by atoms with Gasteiger partial charge < -0.3 is 10.6 Å². The predicted molar refractivity (Wildman–Crippen MR) is 86.6 cm³/mol. The van der Waals surface area contributed by atoms with Gasteiger partial charge in [-0.25, -0.2) is 0 Å². The third-order valence-electron chi connectivity index (χ3n) is 3.81. The van der Waals surface area contributed by atoms with Gasteiger partial charge in [0, 0.05) is 25.6 Å². The molecule has 2 aromatic carbocycles. The standard InChI is InChI=1S/C18H18N2O2/c1-12(21)19-9-8-18(22)20-15-7-6-14-10-13-4-2-3-5-16(13)17(14)11-15/h2-7,11H,8-10H2,1H3,(H,19,21)(H,20,22). The largest absolute Gasteiger partial charge is 0.356 e. The van der Waals surface area contributed by atoms with E-state index in [-0.39, 0.29) is 18.2 Å². The molecule has 0 fully saturated rings. The molecule has 2 amide bonds. The summed E-state index contributed by atoms with van der Waals surface area (Å²) in [7, 11) is 0. The first-order valence-corrected chi connectivity index (χ1v) is 7.39. The molecule has 0 aliphatic heterocycles. The Balaban J connectivity index is 1.70. The van der Waals surface area contributed by atoms with Crippen molar-refractivity contribution >= 4 is 17.5 Å². The van der Waals surface area contributed by atoms with Crippen molar-refractivity contribution in [2.45, 2.75) is 19.8 Å². The molecule has 2 N–H and O–H groups in total. The number of nitrogens with one attached hydrogen (secondary N) is 2. The molecular formula is C18H18N2O2. The zero-order valence-electron chi connectivity index (χ0n) is 12.5. The summed E-state index contributed by atoms with van der Waals surface area (Å²) >= 11 is 0. The molecule has 0 bridgehead atoms. The fourth-order valence-electron chi connectivity index (χ4n) is 2.78. The molecule has 22 heavy (non-hydrogen) atoms. The average Bonchev–Trinajstić information content (AvgIpc) is 2.85. The van der Waals surface area contributed by atoms with Crippen molar-refractivity contribution in [2.75, 3.05) is 11.9 Å². The molecule has 4 heteroatoms. The fourth-order valence-corrected chi connectivity index (χ4v) is 2.78. The first-order chi connectivity index (χ1) is 10.6. The van der Waals surface area contributed by atoms with Gasteiger partial charge in [-0.2, -0.15) is 0 Å². The van der Waals surface area contributed by atoms with Gasteiger partial charge in [0.2, 0.25) is 11.8 Å². The highest BCUT2D eigenvalue weighted by Gasteiger charge is 2.18. The maximum absolute atomic E-state index is 11.9. The molecular weight excluding hydrogens is 276 g/mol. The second-order valence-corrected chi connectivity index (χ2v) is 5.49. The van der Waals surface area contributed by atoms with Crippen LogP contribution in [0, 0.1) is 0 Å². The fraction of sp³-hybridized carbons (Fsp3) is 0.222. The minimum absolute atomic E-state index is 0.0972. The van der Waals surface area contributed by atoms with Crippen molar-refractivity contribution < 1.29 is 9.59 Å². The van der Waals surface area contributed by atoms with E-state index in [4.69, 9.17) is 0 Å². The van der Waals surface area contributed by atoms with Crippen LogP contribution in [0.15, 0.2) is 42.5 Å². The molecule has 0 unspecified atom stereocenters. The molecule has 0 atom stereocenters. The number of fused-ring (bicyclic) bond motifs is 3. The number of benzene rings is 2. The number of carbonyl (C=O) groups is 2. The third-order valence-corrected chi connectivity index (χ3v) is 3.81. The van der Waals surface area contributed by atoms with E-state index in [1.54, 1.807) is 0 Å². The van der Waals surface area contributed by atoms with Crippen LogP contribution in [-0.2, 0) is 16.0 Å². The highest BCUT2D eigenvalue weighted by Crippen LogP contribution is 2.37. The second-order valence-electron chi connectivity index (χ2n) is 5.49. The Morgan fingerprint density at radius 3 is 2.64 bits per heavy atom. The quantitative estimate of drug-likeness (QED) is 0.777. The summed E-state index contributed by atoms with van der Waals surface area (Å²) in [6.45, 7) is 1.80. The number of hydrogen-bond donors (Lipinski definition) is 2. The van der Waals surface area contributed by atoms with E-state index in [2.05, 4.69) is 34.9 Å². The van der Waals surface area contributed by atoms with Crippen LogP contribution in [0.2, 0.25) is 0 Å². The minimum atomic E-state index is -0.123. The molecule has 0 aromatic heterocycles. The Hall–Kier alpha value is -2.62. The summed E-state index contributed by atoms with van der Waals surface area (Å²) in [6.07, 6.45) is 1.22. The van der Waals surface area contributed by atoms with Gasteiger partial charge >= 0.3 is 0 Å². The van der Waals surface area contributed by atoms with Crippen LogP contribution in [0.25, 0.3) is 11.1 Å². The van der Waals surface area contributed by atoms with E-state index in [1.165, 1.54) is 29.2 Å². The van der Waals surface area contributed by atoms with E-state index >= 15 is 0 Å². The van der Waals surface area contributed by atoms with Crippen LogP contribution in [-0.4, -0.2) is 18.4 Å². The van der Waals surface area contributed by atoms with Crippen LogP contribution < -0.4 is 10.6 Å². The first kappa shape index (κ1) is 14.3. The van der Waals surface area contributed by atoms with Crippen LogP contribution in [0.3, 0.4) is 0 Å². The van der Waals surface area contributed by atoms with Crippen LogP contribution in [0.4, 0.5) is 5.69 Å². The highest BCUT2D eigenvalue weighted by atomic mass is 16.2. The van der Waals surface area contributed by atoms with E-state index in [9.17, 15) is 9.59 Å². The van der Waals surface area contributed by atoms with E-state index in [0.29, 0.717) is 6.54 Å². The van der Waals surface area contributed by atoms with Crippen LogP contribution >= 0.6 is 0 Å². The molecule has 0 heterocycles. The molecule has 0 saturated heterocycles. The maximum atomic E-state index is 11.9. The average molecular weight is 294 g/mol. The zero-order chi connectivity index (χ0) is 15.5. The van der Waals surface area contributed by atoms with Crippen LogP contribution in [0.5, 0.6) is 0 Å².